The number of carbonyl (C=O) groups is 1. The summed E-state index contributed by atoms with van der Waals surface area (Å²) < 4.78 is 17.5. The van der Waals surface area contributed by atoms with E-state index in [0.717, 1.165) is 12.0 Å². The molecule has 0 saturated carbocycles. The number of amides is 1. The van der Waals surface area contributed by atoms with Gasteiger partial charge < -0.3 is 24.0 Å². The summed E-state index contributed by atoms with van der Waals surface area (Å²) in [7, 11) is 4.57. The number of rotatable bonds is 9. The molecule has 0 unspecified atom stereocenters. The number of benzene rings is 1. The molecule has 2 heterocycles. The number of oxime groups is 1. The molecule has 0 aliphatic rings. The number of methoxy groups -OCH3 is 2. The molecule has 3 rings (SSSR count). The van der Waals surface area contributed by atoms with Crippen LogP contribution in [-0.4, -0.2) is 42.7 Å². The molecule has 0 atom stereocenters. The molecular weight excluding hydrogens is 376 g/mol. The van der Waals surface area contributed by atoms with Crippen molar-refractivity contribution < 1.29 is 23.5 Å². The second kappa shape index (κ2) is 9.45. The second-order valence-corrected chi connectivity index (χ2v) is 5.99. The van der Waals surface area contributed by atoms with Gasteiger partial charge in [-0.2, -0.15) is 5.10 Å². The first-order valence-corrected chi connectivity index (χ1v) is 8.84. The number of anilines is 1. The highest BCUT2D eigenvalue weighted by atomic mass is 16.6. The van der Waals surface area contributed by atoms with E-state index >= 15 is 0 Å². The molecule has 0 bridgehead atoms. The van der Waals surface area contributed by atoms with Crippen molar-refractivity contribution in [3.63, 3.8) is 0 Å². The van der Waals surface area contributed by atoms with Crippen molar-refractivity contribution in [3.8, 4) is 11.5 Å². The van der Waals surface area contributed by atoms with Gasteiger partial charge in [-0.15, -0.1) is 0 Å². The lowest BCUT2D eigenvalue weighted by atomic mass is 10.1. The van der Waals surface area contributed by atoms with E-state index < -0.39 is 5.91 Å². The number of aryl methyl sites for hydroxylation is 2. The zero-order chi connectivity index (χ0) is 20.6. The summed E-state index contributed by atoms with van der Waals surface area (Å²) in [5.41, 5.74) is 1.66. The largest absolute Gasteiger partial charge is 0.493 e. The maximum atomic E-state index is 12.5. The third-order valence-corrected chi connectivity index (χ3v) is 4.12. The molecule has 9 nitrogen and oxygen atoms in total. The maximum absolute atomic E-state index is 12.5. The summed E-state index contributed by atoms with van der Waals surface area (Å²) in [6.45, 7) is 0.628. The van der Waals surface area contributed by atoms with Gasteiger partial charge in [0, 0.05) is 12.7 Å². The molecule has 0 aliphatic heterocycles. The Hall–Kier alpha value is -3.75. The van der Waals surface area contributed by atoms with E-state index in [0.29, 0.717) is 29.5 Å². The minimum Gasteiger partial charge on any atom is -0.493 e. The number of aromatic nitrogens is 2. The number of hydrogen-bond acceptors (Lipinski definition) is 7. The molecule has 1 amide bonds. The maximum Gasteiger partial charge on any atom is 0.281 e. The Morgan fingerprint density at radius 2 is 2.03 bits per heavy atom. The van der Waals surface area contributed by atoms with Gasteiger partial charge in [-0.25, -0.2) is 0 Å². The van der Waals surface area contributed by atoms with Gasteiger partial charge in [0.1, 0.15) is 7.11 Å². The van der Waals surface area contributed by atoms with Crippen LogP contribution >= 0.6 is 0 Å². The molecule has 152 valence electrons. The van der Waals surface area contributed by atoms with Crippen LogP contribution in [0.25, 0.3) is 0 Å². The zero-order valence-corrected chi connectivity index (χ0v) is 16.4. The zero-order valence-electron chi connectivity index (χ0n) is 16.4. The predicted octanol–water partition coefficient (Wildman–Crippen LogP) is 2.73. The normalized spacial score (nSPS) is 11.2. The number of carbonyl (C=O) groups excluding carboxylic acids is 1. The summed E-state index contributed by atoms with van der Waals surface area (Å²) >= 11 is 0. The number of nitrogens with one attached hydrogen (secondary N) is 1. The van der Waals surface area contributed by atoms with E-state index in [1.807, 2.05) is 18.2 Å². The Labute approximate surface area is 167 Å². The number of hydrogen-bond donors (Lipinski definition) is 1. The van der Waals surface area contributed by atoms with Crippen molar-refractivity contribution in [2.45, 2.75) is 13.0 Å². The van der Waals surface area contributed by atoms with Crippen LogP contribution in [0.3, 0.4) is 0 Å². The number of nitrogens with zero attached hydrogens (tertiary/aromatic N) is 3. The molecule has 0 aliphatic carbocycles. The van der Waals surface area contributed by atoms with E-state index in [1.54, 1.807) is 43.4 Å². The van der Waals surface area contributed by atoms with Crippen molar-refractivity contribution in [1.82, 2.24) is 9.78 Å². The number of furan rings is 1. The molecule has 29 heavy (non-hydrogen) atoms. The highest BCUT2D eigenvalue weighted by Crippen LogP contribution is 2.27. The van der Waals surface area contributed by atoms with Crippen LogP contribution in [0.1, 0.15) is 11.3 Å². The van der Waals surface area contributed by atoms with Gasteiger partial charge in [0.2, 0.25) is 5.71 Å². The Morgan fingerprint density at radius 1 is 1.21 bits per heavy atom. The van der Waals surface area contributed by atoms with E-state index in [9.17, 15) is 4.79 Å². The van der Waals surface area contributed by atoms with E-state index in [4.69, 9.17) is 18.7 Å². The molecule has 9 heteroatoms. The van der Waals surface area contributed by atoms with Gasteiger partial charge >= 0.3 is 0 Å². The molecule has 2 aromatic heterocycles. The van der Waals surface area contributed by atoms with Crippen molar-refractivity contribution in [1.29, 1.82) is 0 Å². The Bertz CT molecular complexity index is 979. The van der Waals surface area contributed by atoms with Crippen LogP contribution in [-0.2, 0) is 22.6 Å². The summed E-state index contributed by atoms with van der Waals surface area (Å²) in [5, 5.41) is 10.8. The third-order valence-electron chi connectivity index (χ3n) is 4.12. The first-order chi connectivity index (χ1) is 14.1. The lowest BCUT2D eigenvalue weighted by Crippen LogP contribution is -2.23. The van der Waals surface area contributed by atoms with Crippen LogP contribution in [0, 0.1) is 0 Å². The van der Waals surface area contributed by atoms with Crippen LogP contribution in [0.15, 0.2) is 58.6 Å². The van der Waals surface area contributed by atoms with Gasteiger partial charge in [0.15, 0.2) is 17.3 Å². The van der Waals surface area contributed by atoms with E-state index in [2.05, 4.69) is 15.6 Å². The van der Waals surface area contributed by atoms with Crippen LogP contribution in [0.2, 0.25) is 0 Å². The van der Waals surface area contributed by atoms with Crippen molar-refractivity contribution in [3.05, 3.63) is 60.3 Å². The topological polar surface area (TPSA) is 100 Å². The highest BCUT2D eigenvalue weighted by Gasteiger charge is 2.18. The molecular formula is C20H22N4O5. The monoisotopic (exact) mass is 398 g/mol. The molecule has 0 radical (unpaired) electrons. The van der Waals surface area contributed by atoms with Gasteiger partial charge in [-0.3, -0.25) is 9.48 Å². The Morgan fingerprint density at radius 3 is 2.72 bits per heavy atom. The van der Waals surface area contributed by atoms with Gasteiger partial charge in [-0.1, -0.05) is 11.2 Å². The lowest BCUT2D eigenvalue weighted by Gasteiger charge is -2.09. The average molecular weight is 398 g/mol. The highest BCUT2D eigenvalue weighted by molar-refractivity contribution is 6.48. The molecule has 0 saturated heterocycles. The van der Waals surface area contributed by atoms with E-state index in [-0.39, 0.29) is 5.71 Å². The molecule has 0 fully saturated rings. The fraction of sp³-hybridized carbons (Fsp3) is 0.250. The fourth-order valence-electron chi connectivity index (χ4n) is 2.72. The summed E-state index contributed by atoms with van der Waals surface area (Å²) in [6, 6.07) is 9.07. The third kappa shape index (κ3) is 4.95. The first-order valence-electron chi connectivity index (χ1n) is 8.84. The van der Waals surface area contributed by atoms with Crippen molar-refractivity contribution in [2.75, 3.05) is 26.6 Å². The summed E-state index contributed by atoms with van der Waals surface area (Å²) in [4.78, 5) is 17.2. The minimum atomic E-state index is -0.457. The summed E-state index contributed by atoms with van der Waals surface area (Å²) in [6.07, 6.45) is 5.50. The van der Waals surface area contributed by atoms with Crippen molar-refractivity contribution in [2.24, 2.45) is 5.16 Å². The van der Waals surface area contributed by atoms with E-state index in [1.165, 1.54) is 13.4 Å². The van der Waals surface area contributed by atoms with Gasteiger partial charge in [-0.05, 0) is 36.2 Å². The predicted molar refractivity (Wildman–Crippen MR) is 106 cm³/mol. The SMILES string of the molecule is CO/N=C(/C(=O)Nc1cnn(CCc2ccc(OC)c(OC)c2)c1)c1ccco1. The van der Waals surface area contributed by atoms with Crippen molar-refractivity contribution >= 4 is 17.3 Å². The standard InChI is InChI=1S/C20H22N4O5/c1-26-16-7-6-14(11-18(16)27-2)8-9-24-13-15(12-21-24)22-20(25)19(23-28-3)17-5-4-10-29-17/h4-7,10-13H,8-9H2,1-3H3,(H,22,25)/b23-19+. The fourth-order valence-corrected chi connectivity index (χ4v) is 2.72. The van der Waals surface area contributed by atoms with Crippen LogP contribution in [0.4, 0.5) is 5.69 Å². The Balaban J connectivity index is 1.62. The molecule has 1 aromatic carbocycles. The van der Waals surface area contributed by atoms with Crippen LogP contribution in [0.5, 0.6) is 11.5 Å². The number of ether oxygens (including phenoxy) is 2. The minimum absolute atomic E-state index is 0.0376. The Kier molecular flexibility index (Phi) is 6.51. The second-order valence-electron chi connectivity index (χ2n) is 5.99. The lowest BCUT2D eigenvalue weighted by molar-refractivity contribution is -0.110. The smallest absolute Gasteiger partial charge is 0.281 e. The average Bonchev–Trinajstić information content (AvgIpc) is 3.42. The van der Waals surface area contributed by atoms with Crippen LogP contribution < -0.4 is 14.8 Å². The summed E-state index contributed by atoms with van der Waals surface area (Å²) in [5.74, 6) is 1.22. The molecule has 3 aromatic rings. The molecule has 1 N–H and O–H groups in total. The van der Waals surface area contributed by atoms with Gasteiger partial charge in [0.25, 0.3) is 5.91 Å². The van der Waals surface area contributed by atoms with Gasteiger partial charge in [0.05, 0.1) is 32.4 Å². The quantitative estimate of drug-likeness (QED) is 0.439. The molecule has 0 spiro atoms. The first kappa shape index (κ1) is 20.0.